The zero-order valence-corrected chi connectivity index (χ0v) is 19.5. The van der Waals surface area contributed by atoms with E-state index in [9.17, 15) is 14.9 Å². The molecule has 1 atom stereocenters. The Morgan fingerprint density at radius 2 is 1.79 bits per heavy atom. The summed E-state index contributed by atoms with van der Waals surface area (Å²) in [4.78, 5) is 24.6. The fourth-order valence-electron chi connectivity index (χ4n) is 3.86. The van der Waals surface area contributed by atoms with Crippen molar-refractivity contribution in [1.29, 1.82) is 5.26 Å². The molecule has 0 bridgehead atoms. The van der Waals surface area contributed by atoms with Gasteiger partial charge in [0.05, 0.1) is 18.7 Å². The molecule has 0 radical (unpaired) electrons. The quantitative estimate of drug-likeness (QED) is 0.332. The van der Waals surface area contributed by atoms with Crippen LogP contribution in [0.3, 0.4) is 0 Å². The lowest BCUT2D eigenvalue weighted by molar-refractivity contribution is -0.117. The van der Waals surface area contributed by atoms with Crippen molar-refractivity contribution in [3.63, 3.8) is 0 Å². The van der Waals surface area contributed by atoms with E-state index >= 15 is 0 Å². The van der Waals surface area contributed by atoms with Gasteiger partial charge in [0.2, 0.25) is 0 Å². The molecule has 0 aliphatic rings. The van der Waals surface area contributed by atoms with E-state index in [1.54, 1.807) is 18.2 Å². The molecule has 1 aromatic heterocycles. The van der Waals surface area contributed by atoms with Crippen molar-refractivity contribution in [3.8, 4) is 11.8 Å². The van der Waals surface area contributed by atoms with E-state index in [1.807, 2.05) is 80.8 Å². The maximum Gasteiger partial charge on any atom is 0.337 e. The summed E-state index contributed by atoms with van der Waals surface area (Å²) in [5.41, 5.74) is 5.92. The molecule has 1 N–H and O–H groups in total. The molecule has 168 valence electrons. The molecule has 1 amide bonds. The molecule has 0 aliphatic heterocycles. The van der Waals surface area contributed by atoms with E-state index in [4.69, 9.17) is 4.74 Å². The highest BCUT2D eigenvalue weighted by atomic mass is 16.5. The Morgan fingerprint density at radius 1 is 1.09 bits per heavy atom. The minimum absolute atomic E-state index is 0.0378. The van der Waals surface area contributed by atoms with Gasteiger partial charge in [0.1, 0.15) is 11.6 Å². The van der Waals surface area contributed by atoms with Crippen LogP contribution in [0, 0.1) is 32.1 Å². The number of esters is 1. The summed E-state index contributed by atoms with van der Waals surface area (Å²) >= 11 is 0. The second-order valence-corrected chi connectivity index (χ2v) is 7.93. The predicted octanol–water partition coefficient (Wildman–Crippen LogP) is 4.97. The zero-order chi connectivity index (χ0) is 24.1. The summed E-state index contributed by atoms with van der Waals surface area (Å²) in [5.74, 6) is -0.805. The molecule has 3 aromatic rings. The number of hydrogen-bond donors (Lipinski definition) is 1. The van der Waals surface area contributed by atoms with Crippen LogP contribution in [0.25, 0.3) is 11.8 Å². The number of aromatic nitrogens is 1. The van der Waals surface area contributed by atoms with Gasteiger partial charge >= 0.3 is 5.97 Å². The summed E-state index contributed by atoms with van der Waals surface area (Å²) in [6.07, 6.45) is 1.62. The number of nitriles is 1. The molecule has 1 heterocycles. The number of amides is 1. The van der Waals surface area contributed by atoms with Crippen molar-refractivity contribution in [2.24, 2.45) is 0 Å². The first kappa shape index (κ1) is 23.6. The van der Waals surface area contributed by atoms with Crippen LogP contribution in [0.1, 0.15) is 51.4 Å². The van der Waals surface area contributed by atoms with E-state index in [-0.39, 0.29) is 17.6 Å². The van der Waals surface area contributed by atoms with Crippen LogP contribution in [-0.4, -0.2) is 23.6 Å². The van der Waals surface area contributed by atoms with Crippen molar-refractivity contribution in [3.05, 3.63) is 93.8 Å². The number of benzene rings is 2. The Labute approximate surface area is 194 Å². The fraction of sp³-hybridized carbons (Fsp3) is 0.222. The summed E-state index contributed by atoms with van der Waals surface area (Å²) in [5, 5.41) is 12.5. The van der Waals surface area contributed by atoms with Crippen LogP contribution in [0.2, 0.25) is 0 Å². The van der Waals surface area contributed by atoms with Gasteiger partial charge in [0, 0.05) is 17.1 Å². The van der Waals surface area contributed by atoms with Crippen LogP contribution < -0.4 is 5.32 Å². The molecular formula is C27H27N3O3. The molecule has 0 unspecified atom stereocenters. The van der Waals surface area contributed by atoms with Gasteiger partial charge in [-0.05, 0) is 74.7 Å². The van der Waals surface area contributed by atoms with Crippen molar-refractivity contribution in [1.82, 2.24) is 9.88 Å². The number of hydrogen-bond acceptors (Lipinski definition) is 4. The van der Waals surface area contributed by atoms with Gasteiger partial charge in [-0.25, -0.2) is 4.79 Å². The van der Waals surface area contributed by atoms with Gasteiger partial charge in [-0.2, -0.15) is 5.26 Å². The van der Waals surface area contributed by atoms with Crippen molar-refractivity contribution in [2.75, 3.05) is 7.11 Å². The highest BCUT2D eigenvalue weighted by Crippen LogP contribution is 2.26. The van der Waals surface area contributed by atoms with E-state index in [2.05, 4.69) is 5.32 Å². The monoisotopic (exact) mass is 441 g/mol. The average Bonchev–Trinajstić information content (AvgIpc) is 3.09. The smallest absolute Gasteiger partial charge is 0.337 e. The number of rotatable bonds is 6. The molecule has 3 rings (SSSR count). The number of ether oxygens (including phenoxy) is 1. The molecule has 0 spiro atoms. The summed E-state index contributed by atoms with van der Waals surface area (Å²) < 4.78 is 6.84. The van der Waals surface area contributed by atoms with Crippen LogP contribution in [-0.2, 0) is 9.53 Å². The minimum atomic E-state index is -0.419. The fourth-order valence-corrected chi connectivity index (χ4v) is 3.86. The van der Waals surface area contributed by atoms with Crippen LogP contribution in [0.5, 0.6) is 0 Å². The molecule has 33 heavy (non-hydrogen) atoms. The average molecular weight is 442 g/mol. The lowest BCUT2D eigenvalue weighted by atomic mass is 10.1. The number of methoxy groups -OCH3 is 1. The van der Waals surface area contributed by atoms with Crippen LogP contribution in [0.4, 0.5) is 0 Å². The third-order valence-corrected chi connectivity index (χ3v) is 5.64. The molecule has 0 saturated heterocycles. The van der Waals surface area contributed by atoms with Gasteiger partial charge in [0.25, 0.3) is 5.91 Å². The Bertz CT molecular complexity index is 1260. The van der Waals surface area contributed by atoms with Gasteiger partial charge in [-0.1, -0.05) is 30.3 Å². The van der Waals surface area contributed by atoms with E-state index < -0.39 is 5.91 Å². The lowest BCUT2D eigenvalue weighted by Crippen LogP contribution is -2.27. The van der Waals surface area contributed by atoms with Crippen molar-refractivity contribution >= 4 is 18.0 Å². The first-order valence-corrected chi connectivity index (χ1v) is 10.6. The molecule has 6 nitrogen and oxygen atoms in total. The van der Waals surface area contributed by atoms with Gasteiger partial charge in [0.15, 0.2) is 0 Å². The van der Waals surface area contributed by atoms with E-state index in [0.29, 0.717) is 5.56 Å². The standard InChI is InChI=1S/C27H27N3O3/c1-17-13-22(27(32)33-5)11-12-25(17)30-18(2)14-23(20(30)4)15-24(16-28)26(31)29-19(3)21-9-7-6-8-10-21/h6-15,19H,1-5H3,(H,29,31)/b24-15-/t19-/m1/s1. The van der Waals surface area contributed by atoms with Crippen molar-refractivity contribution < 1.29 is 14.3 Å². The Hall–Kier alpha value is -4.11. The second-order valence-electron chi connectivity index (χ2n) is 7.93. The number of aryl methyl sites for hydroxylation is 2. The molecule has 0 fully saturated rings. The third kappa shape index (κ3) is 5.04. The number of carbonyl (C=O) groups is 2. The lowest BCUT2D eigenvalue weighted by Gasteiger charge is -2.14. The minimum Gasteiger partial charge on any atom is -0.465 e. The van der Waals surface area contributed by atoms with Crippen molar-refractivity contribution in [2.45, 2.75) is 33.7 Å². The highest BCUT2D eigenvalue weighted by molar-refractivity contribution is 6.02. The maximum absolute atomic E-state index is 12.8. The summed E-state index contributed by atoms with van der Waals surface area (Å²) in [6.45, 7) is 7.71. The van der Waals surface area contributed by atoms with Gasteiger partial charge in [-0.15, -0.1) is 0 Å². The zero-order valence-electron chi connectivity index (χ0n) is 19.5. The molecule has 6 heteroatoms. The largest absolute Gasteiger partial charge is 0.465 e. The van der Waals surface area contributed by atoms with E-state index in [0.717, 1.165) is 33.8 Å². The predicted molar refractivity (Wildman–Crippen MR) is 128 cm³/mol. The summed E-state index contributed by atoms with van der Waals surface area (Å²) in [7, 11) is 1.36. The number of nitrogens with zero attached hydrogens (tertiary/aromatic N) is 2. The first-order valence-electron chi connectivity index (χ1n) is 10.6. The maximum atomic E-state index is 12.8. The molecule has 2 aromatic carbocycles. The van der Waals surface area contributed by atoms with Gasteiger partial charge in [-0.3, -0.25) is 4.79 Å². The second kappa shape index (κ2) is 10.0. The number of carbonyl (C=O) groups excluding carboxylic acids is 2. The normalized spacial score (nSPS) is 12.1. The highest BCUT2D eigenvalue weighted by Gasteiger charge is 2.17. The third-order valence-electron chi connectivity index (χ3n) is 5.64. The topological polar surface area (TPSA) is 84.1 Å². The van der Waals surface area contributed by atoms with Crippen LogP contribution >= 0.6 is 0 Å². The molecule has 0 aliphatic carbocycles. The SMILES string of the molecule is COC(=O)c1ccc(-n2c(C)cc(/C=C(/C#N)C(=O)N[C@H](C)c3ccccc3)c2C)c(C)c1. The Kier molecular flexibility index (Phi) is 7.14. The molecule has 0 saturated carbocycles. The van der Waals surface area contributed by atoms with Gasteiger partial charge < -0.3 is 14.6 Å². The Balaban J connectivity index is 1.91. The summed E-state index contributed by atoms with van der Waals surface area (Å²) in [6, 6.07) is 18.7. The first-order chi connectivity index (χ1) is 15.8. The van der Waals surface area contributed by atoms with E-state index in [1.165, 1.54) is 7.11 Å². The Morgan fingerprint density at radius 3 is 2.39 bits per heavy atom. The number of nitrogens with one attached hydrogen (secondary N) is 1. The molecular weight excluding hydrogens is 414 g/mol. The van der Waals surface area contributed by atoms with Crippen LogP contribution in [0.15, 0.2) is 60.2 Å².